The summed E-state index contributed by atoms with van der Waals surface area (Å²) in [6, 6.07) is 4.96. The third-order valence-corrected chi connectivity index (χ3v) is 2.78. The first kappa shape index (κ1) is 19.1. The number of nitrogens with one attached hydrogen (secondary N) is 2. The molecule has 8 nitrogen and oxygen atoms in total. The molecule has 0 saturated heterocycles. The van der Waals surface area contributed by atoms with Gasteiger partial charge in [0, 0.05) is 19.7 Å². The Balaban J connectivity index is 2.28. The van der Waals surface area contributed by atoms with Gasteiger partial charge in [-0.1, -0.05) is 6.07 Å². The number of halogens is 1. The molecule has 24 heavy (non-hydrogen) atoms. The summed E-state index contributed by atoms with van der Waals surface area (Å²) in [5.74, 6) is -3.01. The molecule has 0 radical (unpaired) electrons. The number of hydrogen-bond donors (Lipinski definition) is 2. The molecule has 0 fully saturated rings. The number of benzene rings is 1. The van der Waals surface area contributed by atoms with E-state index in [0.717, 1.165) is 6.07 Å². The zero-order chi connectivity index (χ0) is 18.1. The summed E-state index contributed by atoms with van der Waals surface area (Å²) in [6.45, 7) is -1.26. The van der Waals surface area contributed by atoms with E-state index >= 15 is 0 Å². The van der Waals surface area contributed by atoms with Crippen molar-refractivity contribution >= 4 is 23.7 Å². The number of ether oxygens (including phenoxy) is 1. The number of carbonyl (C=O) groups is 4. The largest absolute Gasteiger partial charge is 0.454 e. The highest BCUT2D eigenvalue weighted by atomic mass is 19.1. The maximum Gasteiger partial charge on any atom is 0.325 e. The Bertz CT molecular complexity index is 633. The first-order valence-electron chi connectivity index (χ1n) is 6.96. The Hall–Kier alpha value is -2.97. The van der Waals surface area contributed by atoms with Gasteiger partial charge in [-0.25, -0.2) is 4.39 Å². The van der Waals surface area contributed by atoms with Gasteiger partial charge in [0.15, 0.2) is 6.61 Å². The second-order valence-corrected chi connectivity index (χ2v) is 4.92. The molecule has 0 heterocycles. The van der Waals surface area contributed by atoms with Crippen molar-refractivity contribution in [2.45, 2.75) is 0 Å². The third-order valence-electron chi connectivity index (χ3n) is 2.78. The van der Waals surface area contributed by atoms with Crippen LogP contribution in [-0.4, -0.2) is 62.4 Å². The van der Waals surface area contributed by atoms with Crippen molar-refractivity contribution in [3.05, 3.63) is 35.6 Å². The van der Waals surface area contributed by atoms with Crippen LogP contribution in [0.2, 0.25) is 0 Å². The fourth-order valence-electron chi connectivity index (χ4n) is 1.46. The number of amides is 3. The Morgan fingerprint density at radius 1 is 1.12 bits per heavy atom. The van der Waals surface area contributed by atoms with Crippen LogP contribution in [0.15, 0.2) is 24.3 Å². The molecular formula is C15H18FN3O5. The second-order valence-electron chi connectivity index (χ2n) is 4.92. The Morgan fingerprint density at radius 3 is 2.46 bits per heavy atom. The minimum Gasteiger partial charge on any atom is -0.454 e. The number of likely N-dealkylation sites (N-methyl/N-ethyl adjacent to an activating group) is 1. The molecule has 0 aromatic heterocycles. The predicted octanol–water partition coefficient (Wildman–Crippen LogP) is -0.697. The van der Waals surface area contributed by atoms with Gasteiger partial charge in [0.25, 0.3) is 11.8 Å². The van der Waals surface area contributed by atoms with Crippen LogP contribution in [0.1, 0.15) is 10.4 Å². The van der Waals surface area contributed by atoms with Crippen LogP contribution in [-0.2, 0) is 19.1 Å². The number of nitrogens with zero attached hydrogens (tertiary/aromatic N) is 1. The lowest BCUT2D eigenvalue weighted by atomic mass is 10.2. The van der Waals surface area contributed by atoms with Crippen molar-refractivity contribution in [3.8, 4) is 0 Å². The van der Waals surface area contributed by atoms with Crippen LogP contribution in [0.25, 0.3) is 0 Å². The standard InChI is InChI=1S/C15H18FN3O5/c1-19(2)13(21)7-17-12(20)9-24-14(22)8-18-15(23)10-4-3-5-11(16)6-10/h3-6H,7-9H2,1-2H3,(H,17,20)(H,18,23). The zero-order valence-electron chi connectivity index (χ0n) is 13.3. The minimum absolute atomic E-state index is 0.0581. The summed E-state index contributed by atoms with van der Waals surface area (Å²) >= 11 is 0. The highest BCUT2D eigenvalue weighted by Gasteiger charge is 2.12. The average molecular weight is 339 g/mol. The molecule has 0 spiro atoms. The molecule has 3 amide bonds. The molecule has 130 valence electrons. The van der Waals surface area contributed by atoms with Crippen LogP contribution in [0.5, 0.6) is 0 Å². The summed E-state index contributed by atoms with van der Waals surface area (Å²) < 4.78 is 17.6. The van der Waals surface area contributed by atoms with E-state index in [4.69, 9.17) is 0 Å². The normalized spacial score (nSPS) is 9.79. The molecule has 0 atom stereocenters. The molecule has 1 rings (SSSR count). The molecule has 0 unspecified atom stereocenters. The van der Waals surface area contributed by atoms with Crippen LogP contribution in [0.3, 0.4) is 0 Å². The molecule has 2 N–H and O–H groups in total. The average Bonchev–Trinajstić information content (AvgIpc) is 2.55. The van der Waals surface area contributed by atoms with Gasteiger partial charge in [0.2, 0.25) is 5.91 Å². The van der Waals surface area contributed by atoms with Gasteiger partial charge in [-0.15, -0.1) is 0 Å². The monoisotopic (exact) mass is 339 g/mol. The Morgan fingerprint density at radius 2 is 1.83 bits per heavy atom. The van der Waals surface area contributed by atoms with E-state index in [0.29, 0.717) is 0 Å². The van der Waals surface area contributed by atoms with Crippen LogP contribution < -0.4 is 10.6 Å². The van der Waals surface area contributed by atoms with E-state index in [9.17, 15) is 23.6 Å². The van der Waals surface area contributed by atoms with Crippen molar-refractivity contribution in [1.29, 1.82) is 0 Å². The zero-order valence-corrected chi connectivity index (χ0v) is 13.3. The number of esters is 1. The summed E-state index contributed by atoms with van der Waals surface area (Å²) in [5.41, 5.74) is 0.0581. The summed E-state index contributed by atoms with van der Waals surface area (Å²) in [6.07, 6.45) is 0. The van der Waals surface area contributed by atoms with Gasteiger partial charge >= 0.3 is 5.97 Å². The molecule has 1 aromatic rings. The van der Waals surface area contributed by atoms with Crippen molar-refractivity contribution in [2.75, 3.05) is 33.8 Å². The lowest BCUT2D eigenvalue weighted by molar-refractivity contribution is -0.147. The van der Waals surface area contributed by atoms with Crippen LogP contribution in [0.4, 0.5) is 4.39 Å². The summed E-state index contributed by atoms with van der Waals surface area (Å²) in [5, 5.41) is 4.52. The summed E-state index contributed by atoms with van der Waals surface area (Å²) in [4.78, 5) is 47.0. The van der Waals surface area contributed by atoms with Gasteiger partial charge in [-0.2, -0.15) is 0 Å². The number of rotatable bonds is 7. The minimum atomic E-state index is -0.839. The van der Waals surface area contributed by atoms with Gasteiger partial charge in [-0.3, -0.25) is 19.2 Å². The topological polar surface area (TPSA) is 105 Å². The molecular weight excluding hydrogens is 321 g/mol. The molecule has 0 aliphatic rings. The Labute approximate surface area is 138 Å². The van der Waals surface area contributed by atoms with Gasteiger partial charge in [-0.05, 0) is 18.2 Å². The lowest BCUT2D eigenvalue weighted by Gasteiger charge is -2.11. The number of hydrogen-bond acceptors (Lipinski definition) is 5. The van der Waals surface area contributed by atoms with Crippen molar-refractivity contribution in [3.63, 3.8) is 0 Å². The van der Waals surface area contributed by atoms with E-state index in [-0.39, 0.29) is 18.0 Å². The summed E-state index contributed by atoms with van der Waals surface area (Å²) in [7, 11) is 3.08. The fraction of sp³-hybridized carbons (Fsp3) is 0.333. The maximum atomic E-state index is 13.0. The van der Waals surface area contributed by atoms with Crippen molar-refractivity contribution < 1.29 is 28.3 Å². The smallest absolute Gasteiger partial charge is 0.325 e. The van der Waals surface area contributed by atoms with Crippen molar-refractivity contribution in [1.82, 2.24) is 15.5 Å². The molecule has 1 aromatic carbocycles. The highest BCUT2D eigenvalue weighted by Crippen LogP contribution is 2.02. The van der Waals surface area contributed by atoms with E-state index in [1.54, 1.807) is 0 Å². The van der Waals surface area contributed by atoms with Gasteiger partial charge < -0.3 is 20.3 Å². The van der Waals surface area contributed by atoms with Gasteiger partial charge in [0.05, 0.1) is 6.54 Å². The highest BCUT2D eigenvalue weighted by molar-refractivity contribution is 5.96. The van der Waals surface area contributed by atoms with E-state index in [2.05, 4.69) is 15.4 Å². The molecule has 9 heteroatoms. The fourth-order valence-corrected chi connectivity index (χ4v) is 1.46. The molecule has 0 aliphatic carbocycles. The van der Waals surface area contributed by atoms with Crippen LogP contribution in [0, 0.1) is 5.82 Å². The third kappa shape index (κ3) is 6.86. The van der Waals surface area contributed by atoms with E-state index in [1.807, 2.05) is 0 Å². The number of carbonyl (C=O) groups excluding carboxylic acids is 4. The van der Waals surface area contributed by atoms with E-state index in [1.165, 1.54) is 37.2 Å². The lowest BCUT2D eigenvalue weighted by Crippen LogP contribution is -2.39. The van der Waals surface area contributed by atoms with Crippen LogP contribution >= 0.6 is 0 Å². The SMILES string of the molecule is CN(C)C(=O)CNC(=O)COC(=O)CNC(=O)c1cccc(F)c1. The molecule has 0 saturated carbocycles. The first-order valence-corrected chi connectivity index (χ1v) is 6.96. The molecule has 0 bridgehead atoms. The second kappa shape index (κ2) is 9.23. The first-order chi connectivity index (χ1) is 11.3. The van der Waals surface area contributed by atoms with E-state index < -0.39 is 36.8 Å². The van der Waals surface area contributed by atoms with Crippen molar-refractivity contribution in [2.24, 2.45) is 0 Å². The van der Waals surface area contributed by atoms with Gasteiger partial charge in [0.1, 0.15) is 12.4 Å². The quantitative estimate of drug-likeness (QED) is 0.640. The Kier molecular flexibility index (Phi) is 7.34. The molecule has 0 aliphatic heterocycles. The maximum absolute atomic E-state index is 13.0. The predicted molar refractivity (Wildman–Crippen MR) is 81.4 cm³/mol.